The van der Waals surface area contributed by atoms with E-state index in [9.17, 15) is 4.79 Å². The van der Waals surface area contributed by atoms with Gasteiger partial charge in [0.1, 0.15) is 17.6 Å². The fraction of sp³-hybridized carbons (Fsp3) is 0.0952. The van der Waals surface area contributed by atoms with Gasteiger partial charge in [-0.05, 0) is 48.5 Å². The first-order valence-electron chi connectivity index (χ1n) is 8.46. The number of nitrogens with one attached hydrogen (secondary N) is 2. The van der Waals surface area contributed by atoms with Gasteiger partial charge in [-0.2, -0.15) is 5.26 Å². The number of nitriles is 1. The molecule has 0 atom stereocenters. The fourth-order valence-corrected chi connectivity index (χ4v) is 2.41. The first-order chi connectivity index (χ1) is 13.2. The van der Waals surface area contributed by atoms with Crippen LogP contribution in [0.15, 0.2) is 72.9 Å². The van der Waals surface area contributed by atoms with E-state index in [-0.39, 0.29) is 6.03 Å². The Labute approximate surface area is 157 Å². The molecule has 2 aromatic carbocycles. The third kappa shape index (κ3) is 5.31. The van der Waals surface area contributed by atoms with Crippen LogP contribution >= 0.6 is 0 Å². The number of hydrogen-bond donors (Lipinski definition) is 2. The molecule has 0 aliphatic rings. The van der Waals surface area contributed by atoms with Crippen LogP contribution < -0.4 is 15.4 Å². The lowest BCUT2D eigenvalue weighted by atomic mass is 10.2. The van der Waals surface area contributed by atoms with Crippen molar-refractivity contribution in [1.82, 2.24) is 10.3 Å². The quantitative estimate of drug-likeness (QED) is 0.694. The highest BCUT2D eigenvalue weighted by Crippen LogP contribution is 2.25. The van der Waals surface area contributed by atoms with Crippen LogP contribution in [0.4, 0.5) is 10.5 Å². The van der Waals surface area contributed by atoms with Gasteiger partial charge in [0, 0.05) is 30.5 Å². The molecule has 2 N–H and O–H groups in total. The molecule has 0 spiro atoms. The number of ether oxygens (including phenoxy) is 1. The summed E-state index contributed by atoms with van der Waals surface area (Å²) in [7, 11) is 0. The van der Waals surface area contributed by atoms with Gasteiger partial charge in [-0.25, -0.2) is 4.79 Å². The van der Waals surface area contributed by atoms with Crippen molar-refractivity contribution in [2.75, 3.05) is 11.9 Å². The number of carbonyl (C=O) groups excluding carboxylic acids is 1. The number of pyridine rings is 1. The first-order valence-corrected chi connectivity index (χ1v) is 8.46. The summed E-state index contributed by atoms with van der Waals surface area (Å²) in [5.41, 5.74) is 2.04. The highest BCUT2D eigenvalue weighted by molar-refractivity contribution is 5.89. The number of urea groups is 1. The van der Waals surface area contributed by atoms with Gasteiger partial charge >= 0.3 is 6.03 Å². The molecule has 0 saturated carbocycles. The maximum Gasteiger partial charge on any atom is 0.319 e. The number of para-hydroxylation sites is 1. The molecule has 27 heavy (non-hydrogen) atoms. The average molecular weight is 358 g/mol. The number of hydrogen-bond acceptors (Lipinski definition) is 4. The van der Waals surface area contributed by atoms with Crippen LogP contribution in [-0.2, 0) is 6.42 Å². The van der Waals surface area contributed by atoms with Gasteiger partial charge in [0.05, 0.1) is 5.56 Å². The van der Waals surface area contributed by atoms with Crippen LogP contribution in [0.3, 0.4) is 0 Å². The maximum absolute atomic E-state index is 12.0. The van der Waals surface area contributed by atoms with Gasteiger partial charge in [-0.3, -0.25) is 4.98 Å². The minimum atomic E-state index is -0.283. The molecule has 0 radical (unpaired) electrons. The van der Waals surface area contributed by atoms with Crippen molar-refractivity contribution in [3.8, 4) is 17.6 Å². The predicted octanol–water partition coefficient (Wildman–Crippen LogP) is 4.11. The number of amides is 2. The number of rotatable bonds is 6. The first kappa shape index (κ1) is 18.0. The summed E-state index contributed by atoms with van der Waals surface area (Å²) in [5, 5.41) is 14.7. The van der Waals surface area contributed by atoms with Crippen LogP contribution in [0.5, 0.6) is 11.5 Å². The Balaban J connectivity index is 1.50. The summed E-state index contributed by atoms with van der Waals surface area (Å²) in [6, 6.07) is 21.5. The minimum Gasteiger partial charge on any atom is -0.456 e. The Bertz CT molecular complexity index is 934. The zero-order valence-electron chi connectivity index (χ0n) is 14.6. The van der Waals surface area contributed by atoms with E-state index in [1.165, 1.54) is 0 Å². The summed E-state index contributed by atoms with van der Waals surface area (Å²) in [6.45, 7) is 0.495. The van der Waals surface area contributed by atoms with E-state index >= 15 is 0 Å². The highest BCUT2D eigenvalue weighted by atomic mass is 16.5. The third-order valence-corrected chi connectivity index (χ3v) is 3.74. The summed E-state index contributed by atoms with van der Waals surface area (Å²) in [4.78, 5) is 16.2. The second kappa shape index (κ2) is 9.02. The molecule has 0 aliphatic carbocycles. The number of carbonyl (C=O) groups is 1. The molecule has 6 nitrogen and oxygen atoms in total. The van der Waals surface area contributed by atoms with Crippen LogP contribution in [0.1, 0.15) is 11.3 Å². The van der Waals surface area contributed by atoms with Gasteiger partial charge in [0.15, 0.2) is 0 Å². The largest absolute Gasteiger partial charge is 0.456 e. The molecule has 6 heteroatoms. The summed E-state index contributed by atoms with van der Waals surface area (Å²) >= 11 is 0. The van der Waals surface area contributed by atoms with E-state index in [1.807, 2.05) is 18.2 Å². The fourth-order valence-electron chi connectivity index (χ4n) is 2.41. The zero-order valence-corrected chi connectivity index (χ0v) is 14.6. The van der Waals surface area contributed by atoms with E-state index in [4.69, 9.17) is 10.00 Å². The zero-order chi connectivity index (χ0) is 18.9. The molecule has 3 rings (SSSR count). The van der Waals surface area contributed by atoms with Crippen LogP contribution in [0, 0.1) is 11.3 Å². The molecule has 3 aromatic rings. The van der Waals surface area contributed by atoms with Crippen LogP contribution in [-0.4, -0.2) is 17.6 Å². The smallest absolute Gasteiger partial charge is 0.319 e. The SMILES string of the molecule is N#Cc1ccccc1Oc1ccc(NC(=O)NCCc2ccccn2)cc1. The standard InChI is InChI=1S/C21H18N4O2/c22-15-16-5-1-2-7-20(16)27-19-10-8-18(9-11-19)25-21(26)24-14-12-17-6-3-4-13-23-17/h1-11,13H,12,14H2,(H2,24,25,26). The summed E-state index contributed by atoms with van der Waals surface area (Å²) in [6.07, 6.45) is 2.40. The number of nitrogens with zero attached hydrogens (tertiary/aromatic N) is 2. The highest BCUT2D eigenvalue weighted by Gasteiger charge is 2.05. The Morgan fingerprint density at radius 2 is 1.81 bits per heavy atom. The number of aromatic nitrogens is 1. The van der Waals surface area contributed by atoms with Crippen molar-refractivity contribution in [1.29, 1.82) is 5.26 Å². The summed E-state index contributed by atoms with van der Waals surface area (Å²) in [5.74, 6) is 1.08. The van der Waals surface area contributed by atoms with Crippen molar-refractivity contribution in [2.45, 2.75) is 6.42 Å². The second-order valence-corrected chi connectivity index (χ2v) is 5.69. The van der Waals surface area contributed by atoms with Gasteiger partial charge in [0.25, 0.3) is 0 Å². The van der Waals surface area contributed by atoms with Crippen molar-refractivity contribution < 1.29 is 9.53 Å². The molecule has 0 aliphatic heterocycles. The van der Waals surface area contributed by atoms with Crippen LogP contribution in [0.2, 0.25) is 0 Å². The maximum atomic E-state index is 12.0. The molecule has 1 heterocycles. The predicted molar refractivity (Wildman–Crippen MR) is 103 cm³/mol. The molecule has 0 bridgehead atoms. The van der Waals surface area contributed by atoms with Gasteiger partial charge in [0.2, 0.25) is 0 Å². The van der Waals surface area contributed by atoms with E-state index < -0.39 is 0 Å². The molecule has 0 saturated heterocycles. The van der Waals surface area contributed by atoms with Crippen LogP contribution in [0.25, 0.3) is 0 Å². The molecule has 2 amide bonds. The van der Waals surface area contributed by atoms with Gasteiger partial charge in [-0.1, -0.05) is 18.2 Å². The molecular weight excluding hydrogens is 340 g/mol. The monoisotopic (exact) mass is 358 g/mol. The lowest BCUT2D eigenvalue weighted by molar-refractivity contribution is 0.252. The topological polar surface area (TPSA) is 87.0 Å². The lowest BCUT2D eigenvalue weighted by Crippen LogP contribution is -2.30. The normalized spacial score (nSPS) is 9.89. The van der Waals surface area contributed by atoms with E-state index in [1.54, 1.807) is 54.7 Å². The van der Waals surface area contributed by atoms with Crippen molar-refractivity contribution in [3.63, 3.8) is 0 Å². The molecular formula is C21H18N4O2. The Hall–Kier alpha value is -3.85. The number of benzene rings is 2. The van der Waals surface area contributed by atoms with E-state index in [0.717, 1.165) is 5.69 Å². The Kier molecular flexibility index (Phi) is 6.00. The number of anilines is 1. The lowest BCUT2D eigenvalue weighted by Gasteiger charge is -2.10. The van der Waals surface area contributed by atoms with Gasteiger partial charge in [-0.15, -0.1) is 0 Å². The van der Waals surface area contributed by atoms with Gasteiger partial charge < -0.3 is 15.4 Å². The van der Waals surface area contributed by atoms with E-state index in [2.05, 4.69) is 21.7 Å². The second-order valence-electron chi connectivity index (χ2n) is 5.69. The molecule has 0 fully saturated rings. The molecule has 134 valence electrons. The Morgan fingerprint density at radius 1 is 1.04 bits per heavy atom. The third-order valence-electron chi connectivity index (χ3n) is 3.74. The summed E-state index contributed by atoms with van der Waals surface area (Å²) < 4.78 is 5.72. The molecule has 0 unspecified atom stereocenters. The van der Waals surface area contributed by atoms with Crippen molar-refractivity contribution in [2.24, 2.45) is 0 Å². The average Bonchev–Trinajstić information content (AvgIpc) is 2.71. The minimum absolute atomic E-state index is 0.283. The van der Waals surface area contributed by atoms with Crippen molar-refractivity contribution >= 4 is 11.7 Å². The van der Waals surface area contributed by atoms with E-state index in [0.29, 0.717) is 35.7 Å². The molecule has 1 aromatic heterocycles. The Morgan fingerprint density at radius 3 is 2.56 bits per heavy atom. The van der Waals surface area contributed by atoms with Crippen molar-refractivity contribution in [3.05, 3.63) is 84.2 Å².